The van der Waals surface area contributed by atoms with E-state index in [0.29, 0.717) is 23.7 Å². The van der Waals surface area contributed by atoms with Crippen LogP contribution in [0.15, 0.2) is 12.2 Å². The lowest BCUT2D eigenvalue weighted by molar-refractivity contribution is -0.147. The van der Waals surface area contributed by atoms with Gasteiger partial charge in [-0.1, -0.05) is 27.4 Å². The van der Waals surface area contributed by atoms with Crippen LogP contribution in [0.3, 0.4) is 0 Å². The maximum absolute atomic E-state index is 11.5. The van der Waals surface area contributed by atoms with E-state index < -0.39 is 0 Å². The largest absolute Gasteiger partial charge is 0.458 e. The predicted octanol–water partition coefficient (Wildman–Crippen LogP) is 3.32. The first kappa shape index (κ1) is 11.7. The van der Waals surface area contributed by atoms with Crippen LogP contribution in [0.1, 0.15) is 46.5 Å². The summed E-state index contributed by atoms with van der Waals surface area (Å²) in [4.78, 5) is 11.5. The van der Waals surface area contributed by atoms with Gasteiger partial charge in [0.15, 0.2) is 0 Å². The fourth-order valence-electron chi connectivity index (χ4n) is 3.16. The average Bonchev–Trinajstić information content (AvgIpc) is 2.86. The molecule has 2 aliphatic rings. The van der Waals surface area contributed by atoms with Gasteiger partial charge < -0.3 is 4.74 Å². The first-order valence-corrected chi connectivity index (χ1v) is 6.39. The molecule has 2 heteroatoms. The van der Waals surface area contributed by atoms with Crippen molar-refractivity contribution in [3.05, 3.63) is 12.2 Å². The summed E-state index contributed by atoms with van der Waals surface area (Å²) in [6.07, 6.45) is 3.65. The molecule has 2 aliphatic carbocycles. The highest BCUT2D eigenvalue weighted by Gasteiger charge is 2.64. The van der Waals surface area contributed by atoms with Gasteiger partial charge in [0.2, 0.25) is 0 Å². The van der Waals surface area contributed by atoms with Gasteiger partial charge in [-0.05, 0) is 42.1 Å². The zero-order chi connectivity index (χ0) is 11.9. The molecule has 0 aromatic rings. The Morgan fingerprint density at radius 1 is 1.56 bits per heavy atom. The van der Waals surface area contributed by atoms with E-state index in [-0.39, 0.29) is 12.1 Å². The second kappa shape index (κ2) is 3.90. The van der Waals surface area contributed by atoms with E-state index in [2.05, 4.69) is 20.4 Å². The van der Waals surface area contributed by atoms with E-state index in [1.54, 1.807) is 0 Å². The Balaban J connectivity index is 1.95. The van der Waals surface area contributed by atoms with Gasteiger partial charge in [-0.2, -0.15) is 0 Å². The fourth-order valence-corrected chi connectivity index (χ4v) is 3.16. The zero-order valence-corrected chi connectivity index (χ0v) is 10.6. The Morgan fingerprint density at radius 3 is 2.75 bits per heavy atom. The Labute approximate surface area is 98.1 Å². The average molecular weight is 222 g/mol. The van der Waals surface area contributed by atoms with Crippen LogP contribution in [0.2, 0.25) is 0 Å². The van der Waals surface area contributed by atoms with E-state index in [9.17, 15) is 4.79 Å². The van der Waals surface area contributed by atoms with Crippen molar-refractivity contribution in [3.63, 3.8) is 0 Å². The van der Waals surface area contributed by atoms with Crippen LogP contribution in [0, 0.1) is 17.3 Å². The Bertz CT molecular complexity index is 319. The second-order valence-corrected chi connectivity index (χ2v) is 5.65. The third-order valence-corrected chi connectivity index (χ3v) is 4.42. The normalized spacial score (nSPS) is 36.4. The van der Waals surface area contributed by atoms with Gasteiger partial charge in [0.05, 0.1) is 0 Å². The molecule has 0 aromatic heterocycles. The highest BCUT2D eigenvalue weighted by Crippen LogP contribution is 2.69. The van der Waals surface area contributed by atoms with Crippen LogP contribution in [-0.2, 0) is 9.53 Å². The van der Waals surface area contributed by atoms with Crippen molar-refractivity contribution in [2.24, 2.45) is 17.3 Å². The molecule has 2 saturated carbocycles. The van der Waals surface area contributed by atoms with Crippen molar-refractivity contribution in [1.29, 1.82) is 0 Å². The van der Waals surface area contributed by atoms with Gasteiger partial charge in [0.25, 0.3) is 0 Å². The van der Waals surface area contributed by atoms with Gasteiger partial charge in [0, 0.05) is 6.42 Å². The number of carbonyl (C=O) groups excluding carboxylic acids is 1. The zero-order valence-electron chi connectivity index (χ0n) is 10.6. The summed E-state index contributed by atoms with van der Waals surface area (Å²) >= 11 is 0. The number of esters is 1. The van der Waals surface area contributed by atoms with Crippen molar-refractivity contribution in [1.82, 2.24) is 0 Å². The molecule has 2 nitrogen and oxygen atoms in total. The summed E-state index contributed by atoms with van der Waals surface area (Å²) in [7, 11) is 0. The Kier molecular flexibility index (Phi) is 2.85. The third kappa shape index (κ3) is 1.68. The van der Waals surface area contributed by atoms with Crippen LogP contribution >= 0.6 is 0 Å². The Hall–Kier alpha value is -0.790. The molecule has 90 valence electrons. The summed E-state index contributed by atoms with van der Waals surface area (Å²) in [6, 6.07) is 0. The molecule has 0 radical (unpaired) electrons. The van der Waals surface area contributed by atoms with Crippen LogP contribution in [0.5, 0.6) is 0 Å². The molecule has 0 unspecified atom stereocenters. The highest BCUT2D eigenvalue weighted by molar-refractivity contribution is 5.70. The standard InChI is InChI=1S/C14H22O2/c1-5-6-13(15)16-12-8-14(9(2)3)7-11(14)10(12)4/h9,11-12H,4-8H2,1-3H3/t11-,12-,14+/m0/s1. The van der Waals surface area contributed by atoms with Crippen LogP contribution in [0.25, 0.3) is 0 Å². The molecule has 0 aromatic carbocycles. The molecular weight excluding hydrogens is 200 g/mol. The first-order valence-electron chi connectivity index (χ1n) is 6.39. The molecule has 0 aliphatic heterocycles. The van der Waals surface area contributed by atoms with Crippen molar-refractivity contribution in [2.45, 2.75) is 52.6 Å². The number of hydrogen-bond acceptors (Lipinski definition) is 2. The Morgan fingerprint density at radius 2 is 2.25 bits per heavy atom. The summed E-state index contributed by atoms with van der Waals surface area (Å²) in [5.41, 5.74) is 1.58. The SMILES string of the molecule is C=C1[C@@H](OC(=O)CCC)C[C@@]2(C(C)C)C[C@@H]12. The quantitative estimate of drug-likeness (QED) is 0.539. The van der Waals surface area contributed by atoms with Crippen molar-refractivity contribution >= 4 is 5.97 Å². The van der Waals surface area contributed by atoms with E-state index in [4.69, 9.17) is 4.74 Å². The minimum Gasteiger partial charge on any atom is -0.458 e. The van der Waals surface area contributed by atoms with Gasteiger partial charge in [-0.15, -0.1) is 0 Å². The monoisotopic (exact) mass is 222 g/mol. The van der Waals surface area contributed by atoms with E-state index in [1.807, 2.05) is 6.92 Å². The number of carbonyl (C=O) groups is 1. The topological polar surface area (TPSA) is 26.3 Å². The van der Waals surface area contributed by atoms with Gasteiger partial charge in [0.1, 0.15) is 6.10 Å². The minimum absolute atomic E-state index is 0.000185. The van der Waals surface area contributed by atoms with Crippen LogP contribution < -0.4 is 0 Å². The van der Waals surface area contributed by atoms with Gasteiger partial charge in [-0.3, -0.25) is 4.79 Å². The molecule has 16 heavy (non-hydrogen) atoms. The third-order valence-electron chi connectivity index (χ3n) is 4.42. The van der Waals surface area contributed by atoms with E-state index >= 15 is 0 Å². The molecule has 0 bridgehead atoms. The molecule has 2 rings (SSSR count). The molecule has 0 saturated heterocycles. The van der Waals surface area contributed by atoms with Crippen molar-refractivity contribution in [3.8, 4) is 0 Å². The summed E-state index contributed by atoms with van der Waals surface area (Å²) in [5, 5.41) is 0. The summed E-state index contributed by atoms with van der Waals surface area (Å²) < 4.78 is 5.50. The lowest BCUT2D eigenvalue weighted by atomic mass is 9.89. The second-order valence-electron chi connectivity index (χ2n) is 5.65. The molecule has 0 N–H and O–H groups in total. The lowest BCUT2D eigenvalue weighted by Gasteiger charge is -2.20. The lowest BCUT2D eigenvalue weighted by Crippen LogP contribution is -2.20. The summed E-state index contributed by atoms with van der Waals surface area (Å²) in [5.74, 6) is 1.23. The van der Waals surface area contributed by atoms with E-state index in [0.717, 1.165) is 18.4 Å². The fraction of sp³-hybridized carbons (Fsp3) is 0.786. The van der Waals surface area contributed by atoms with Crippen LogP contribution in [0.4, 0.5) is 0 Å². The number of ether oxygens (including phenoxy) is 1. The smallest absolute Gasteiger partial charge is 0.306 e. The van der Waals surface area contributed by atoms with Crippen molar-refractivity contribution in [2.75, 3.05) is 0 Å². The molecule has 2 fully saturated rings. The van der Waals surface area contributed by atoms with Crippen molar-refractivity contribution < 1.29 is 9.53 Å². The maximum atomic E-state index is 11.5. The van der Waals surface area contributed by atoms with Crippen LogP contribution in [-0.4, -0.2) is 12.1 Å². The first-order chi connectivity index (χ1) is 7.51. The molecule has 0 spiro atoms. The number of rotatable bonds is 4. The van der Waals surface area contributed by atoms with Gasteiger partial charge in [-0.25, -0.2) is 0 Å². The molecule has 0 amide bonds. The predicted molar refractivity (Wildman–Crippen MR) is 63.9 cm³/mol. The highest BCUT2D eigenvalue weighted by atomic mass is 16.5. The molecular formula is C14H22O2. The van der Waals surface area contributed by atoms with E-state index in [1.165, 1.54) is 6.42 Å². The molecule has 3 atom stereocenters. The molecule has 0 heterocycles. The number of hydrogen-bond donors (Lipinski definition) is 0. The van der Waals surface area contributed by atoms with Gasteiger partial charge >= 0.3 is 5.97 Å². The minimum atomic E-state index is -0.0612. The maximum Gasteiger partial charge on any atom is 0.306 e. The summed E-state index contributed by atoms with van der Waals surface area (Å²) in [6.45, 7) is 10.7. The number of fused-ring (bicyclic) bond motifs is 1.